The summed E-state index contributed by atoms with van der Waals surface area (Å²) in [5, 5.41) is 12.3. The number of ether oxygens (including phenoxy) is 4. The summed E-state index contributed by atoms with van der Waals surface area (Å²) in [7, 11) is -0.0858. The molecule has 0 aliphatic heterocycles. The molecule has 80 heavy (non-hydrogen) atoms. The first kappa shape index (κ1) is 59.0. The molecule has 0 saturated heterocycles. The van der Waals surface area contributed by atoms with Crippen LogP contribution >= 0.6 is 0 Å². The van der Waals surface area contributed by atoms with Crippen molar-refractivity contribution in [3.05, 3.63) is 213 Å². The molecule has 0 saturated carbocycles. The van der Waals surface area contributed by atoms with Crippen molar-refractivity contribution in [2.24, 2.45) is 0 Å². The Morgan fingerprint density at radius 1 is 0.388 bits per heavy atom. The van der Waals surface area contributed by atoms with Crippen LogP contribution in [0.3, 0.4) is 0 Å². The smallest absolute Gasteiger partial charge is 0.213 e. The van der Waals surface area contributed by atoms with Crippen molar-refractivity contribution in [2.45, 2.75) is 34.5 Å². The largest absolute Gasteiger partial charge is 0.545 e. The van der Waals surface area contributed by atoms with E-state index in [-0.39, 0.29) is 10.9 Å². The number of rotatable bonds is 15. The normalized spacial score (nSPS) is 11.2. The number of benzene rings is 8. The van der Waals surface area contributed by atoms with Crippen LogP contribution in [0.5, 0.6) is 40.2 Å². The summed E-state index contributed by atoms with van der Waals surface area (Å²) in [5.74, 6) is -80.3. The Balaban J connectivity index is 0.000000319. The van der Waals surface area contributed by atoms with Gasteiger partial charge in [0.25, 0.3) is 0 Å². The molecule has 0 amide bonds. The molecule has 418 valence electrons. The van der Waals surface area contributed by atoms with Crippen molar-refractivity contribution in [2.75, 3.05) is 6.61 Å². The number of carboxylic acids is 1. The lowest BCUT2D eigenvalue weighted by Gasteiger charge is -2.24. The number of carbonyl (C=O) groups is 1. The summed E-state index contributed by atoms with van der Waals surface area (Å²) in [6.07, 6.45) is 2.25. The van der Waals surface area contributed by atoms with Crippen molar-refractivity contribution in [3.63, 3.8) is 0 Å². The zero-order valence-corrected chi connectivity index (χ0v) is 40.0. The molecule has 8 aromatic rings. The highest BCUT2D eigenvalue weighted by Crippen LogP contribution is 2.55. The van der Waals surface area contributed by atoms with Crippen molar-refractivity contribution in [3.8, 4) is 51.4 Å². The van der Waals surface area contributed by atoms with Crippen LogP contribution in [0.25, 0.3) is 11.1 Å². The van der Waals surface area contributed by atoms with E-state index in [4.69, 9.17) is 4.74 Å². The Kier molecular flexibility index (Phi) is 17.8. The molecule has 0 fully saturated rings. The van der Waals surface area contributed by atoms with Gasteiger partial charge in [0.05, 0.1) is 29.0 Å². The predicted octanol–water partition coefficient (Wildman–Crippen LogP) is 15.8. The molecule has 27 heteroatoms. The monoisotopic (exact) mass is 1170 g/mol. The van der Waals surface area contributed by atoms with Crippen LogP contribution in [-0.2, 0) is 10.9 Å². The fraction of sp³-hybridized carbons (Fsp3) is 0.0755. The highest BCUT2D eigenvalue weighted by molar-refractivity contribution is 7.97. The summed E-state index contributed by atoms with van der Waals surface area (Å²) in [4.78, 5) is 16.3. The second kappa shape index (κ2) is 24.2. The third-order valence-electron chi connectivity index (χ3n) is 10.8. The summed E-state index contributed by atoms with van der Waals surface area (Å²) in [6.45, 7) is 2.97. The van der Waals surface area contributed by atoms with Gasteiger partial charge in [-0.25, -0.2) is 61.5 Å². The van der Waals surface area contributed by atoms with E-state index in [9.17, 15) is 88.9 Å². The topological polar surface area (TPSA) is 77.1 Å². The number of halogens is 20. The third-order valence-corrected chi connectivity index (χ3v) is 13.0. The molecular formula is C53H24F20O6S. The van der Waals surface area contributed by atoms with Gasteiger partial charge in [0.1, 0.15) is 5.75 Å². The van der Waals surface area contributed by atoms with Gasteiger partial charge < -0.3 is 28.8 Å². The number of hydrogen-bond donors (Lipinski definition) is 0. The molecule has 0 aromatic heterocycles. The number of unbranched alkanes of at least 4 members (excludes halogenated alkanes) is 1. The van der Waals surface area contributed by atoms with Gasteiger partial charge in [-0.15, -0.1) is 0 Å². The van der Waals surface area contributed by atoms with E-state index < -0.39 is 180 Å². The first-order valence-corrected chi connectivity index (χ1v) is 23.2. The SMILES string of the molecule is CCCCOc1ccc([S+](c2ccccc2)c2ccccc2)cc1.O=C([O-])c1cc(Oc2c(F)c(F)c(F)c(F)c2F)c(Oc2c(F)c(F)c(F)c(F)c2F)c(Oc2c(F)c(F)c(F)c(F)c2F)c1-c1c(F)c(F)c(F)c(F)c1F. The number of aromatic carboxylic acids is 1. The average Bonchev–Trinajstić information content (AvgIpc) is 3.50. The molecule has 0 spiro atoms. The quantitative estimate of drug-likeness (QED) is 0.0335. The summed E-state index contributed by atoms with van der Waals surface area (Å²) in [5.41, 5.74) is -7.70. The highest BCUT2D eigenvalue weighted by Gasteiger charge is 2.39. The van der Waals surface area contributed by atoms with Gasteiger partial charge in [-0.05, 0) is 61.0 Å². The lowest BCUT2D eigenvalue weighted by Crippen LogP contribution is -2.24. The van der Waals surface area contributed by atoms with E-state index in [1.807, 2.05) is 0 Å². The molecule has 0 atom stereocenters. The van der Waals surface area contributed by atoms with Gasteiger partial charge in [-0.2, -0.15) is 26.3 Å². The summed E-state index contributed by atoms with van der Waals surface area (Å²) in [6, 6.07) is 29.4. The number of carboxylic acid groups (broad SMARTS) is 1. The standard InChI is InChI=1S/C31H2F20O5.C22H23OS/c32-6-5(7(33)9(35)10(36)8(6)34)4-2(31(52)53)1-3(54-28-20(46)14(40)11(37)15(41)21(28)47)26(55-29-22(48)16(42)12(38)17(43)23(29)49)27(4)56-30-24(50)18(44)13(39)19(45)25(30)51;1-2-3-18-23-19-14-16-22(17-15-19)24(20-10-6-4-7-11-20)21-12-8-5-9-13-21/h1H,(H,52,53);4-17H,2-3,18H2,1H3/q;+1/p-1. The van der Waals surface area contributed by atoms with Gasteiger partial charge in [-0.3, -0.25) is 0 Å². The maximum atomic E-state index is 15.2. The van der Waals surface area contributed by atoms with E-state index >= 15 is 8.78 Å². The average molecular weight is 1170 g/mol. The third kappa shape index (κ3) is 11.2. The van der Waals surface area contributed by atoms with Crippen molar-refractivity contribution in [1.29, 1.82) is 0 Å². The minimum atomic E-state index is -3.17. The van der Waals surface area contributed by atoms with Crippen LogP contribution in [0.1, 0.15) is 30.1 Å². The van der Waals surface area contributed by atoms with Gasteiger partial charge in [0, 0.05) is 11.1 Å². The molecule has 0 N–H and O–H groups in total. The zero-order chi connectivity index (χ0) is 58.8. The van der Waals surface area contributed by atoms with Crippen LogP contribution in [0, 0.1) is 116 Å². The van der Waals surface area contributed by atoms with E-state index in [0.717, 1.165) is 25.2 Å². The number of hydrogen-bond acceptors (Lipinski definition) is 6. The van der Waals surface area contributed by atoms with Crippen molar-refractivity contribution >= 4 is 16.9 Å². The molecule has 8 aromatic carbocycles. The van der Waals surface area contributed by atoms with Crippen molar-refractivity contribution in [1.82, 2.24) is 0 Å². The van der Waals surface area contributed by atoms with Crippen LogP contribution < -0.4 is 24.1 Å². The first-order chi connectivity index (χ1) is 37.8. The van der Waals surface area contributed by atoms with E-state index in [1.54, 1.807) is 0 Å². The minimum Gasteiger partial charge on any atom is -0.545 e. The van der Waals surface area contributed by atoms with E-state index in [2.05, 4.69) is 106 Å². The minimum absolute atomic E-state index is 0.0858. The highest BCUT2D eigenvalue weighted by atomic mass is 32.2. The molecule has 0 radical (unpaired) electrons. The lowest BCUT2D eigenvalue weighted by molar-refractivity contribution is -0.255. The molecular weight excluding hydrogens is 1140 g/mol. The Morgan fingerprint density at radius 2 is 0.713 bits per heavy atom. The molecule has 8 rings (SSSR count). The van der Waals surface area contributed by atoms with Crippen LogP contribution in [0.2, 0.25) is 0 Å². The molecule has 0 aliphatic rings. The van der Waals surface area contributed by atoms with E-state index in [1.165, 1.54) is 14.7 Å². The van der Waals surface area contributed by atoms with Crippen LogP contribution in [0.15, 0.2) is 106 Å². The fourth-order valence-electron chi connectivity index (χ4n) is 6.98. The second-order valence-electron chi connectivity index (χ2n) is 15.8. The molecule has 0 unspecified atom stereocenters. The van der Waals surface area contributed by atoms with Gasteiger partial charge in [0.2, 0.25) is 116 Å². The summed E-state index contributed by atoms with van der Waals surface area (Å²) >= 11 is 0. The Hall–Kier alpha value is -8.62. The predicted molar refractivity (Wildman–Crippen MR) is 237 cm³/mol. The lowest BCUT2D eigenvalue weighted by atomic mass is 9.95. The molecule has 0 aliphatic carbocycles. The Labute approximate surface area is 437 Å². The molecule has 0 heterocycles. The first-order valence-electron chi connectivity index (χ1n) is 21.9. The number of carbonyl (C=O) groups excluding carboxylic acids is 1. The van der Waals surface area contributed by atoms with Crippen LogP contribution in [-0.4, -0.2) is 12.6 Å². The molecule has 6 nitrogen and oxygen atoms in total. The van der Waals surface area contributed by atoms with E-state index in [0.29, 0.717) is 0 Å². The van der Waals surface area contributed by atoms with Gasteiger partial charge >= 0.3 is 0 Å². The van der Waals surface area contributed by atoms with Crippen molar-refractivity contribution < 1.29 is 117 Å². The second-order valence-corrected chi connectivity index (χ2v) is 17.8. The van der Waals surface area contributed by atoms with Crippen LogP contribution in [0.4, 0.5) is 87.8 Å². The Morgan fingerprint density at radius 3 is 1.07 bits per heavy atom. The van der Waals surface area contributed by atoms with Gasteiger partial charge in [0.15, 0.2) is 49.5 Å². The zero-order valence-electron chi connectivity index (χ0n) is 39.2. The molecule has 0 bridgehead atoms. The maximum Gasteiger partial charge on any atom is 0.213 e. The fourth-order valence-corrected chi connectivity index (χ4v) is 9.07. The Bertz CT molecular complexity index is 3550. The summed E-state index contributed by atoms with van der Waals surface area (Å²) < 4.78 is 307. The maximum absolute atomic E-state index is 15.2. The van der Waals surface area contributed by atoms with Gasteiger partial charge in [-0.1, -0.05) is 49.7 Å².